The number of nitro groups is 1. The van der Waals surface area contributed by atoms with E-state index in [0.29, 0.717) is 11.5 Å². The van der Waals surface area contributed by atoms with E-state index in [1.807, 2.05) is 24.3 Å². The van der Waals surface area contributed by atoms with Gasteiger partial charge in [-0.1, -0.05) is 33.2 Å². The first-order valence-corrected chi connectivity index (χ1v) is 7.90. The number of para-hydroxylation sites is 1. The van der Waals surface area contributed by atoms with Crippen molar-refractivity contribution in [3.63, 3.8) is 0 Å². The quantitative estimate of drug-likeness (QED) is 0.351. The summed E-state index contributed by atoms with van der Waals surface area (Å²) in [6.07, 6.45) is 1.27. The lowest BCUT2D eigenvalue weighted by Crippen LogP contribution is -1.94. The molecule has 1 aromatic heterocycles. The summed E-state index contributed by atoms with van der Waals surface area (Å²) in [6.45, 7) is -0.0410. The van der Waals surface area contributed by atoms with Crippen molar-refractivity contribution in [1.29, 1.82) is 0 Å². The average Bonchev–Trinajstić information content (AvgIpc) is 3.08. The van der Waals surface area contributed by atoms with Crippen molar-refractivity contribution in [1.82, 2.24) is 10.2 Å². The Morgan fingerprint density at radius 2 is 1.96 bits per heavy atom. The van der Waals surface area contributed by atoms with Gasteiger partial charge in [-0.15, -0.1) is 10.2 Å². The predicted molar refractivity (Wildman–Crippen MR) is 92.9 cm³/mol. The van der Waals surface area contributed by atoms with Crippen LogP contribution in [0, 0.1) is 10.1 Å². The summed E-state index contributed by atoms with van der Waals surface area (Å²) in [5, 5.41) is 22.4. The molecule has 0 N–H and O–H groups in total. The van der Waals surface area contributed by atoms with Gasteiger partial charge in [0.15, 0.2) is 6.61 Å². The minimum atomic E-state index is -0.482. The Morgan fingerprint density at radius 1 is 1.20 bits per heavy atom. The van der Waals surface area contributed by atoms with E-state index in [1.54, 1.807) is 18.2 Å². The SMILES string of the molecule is O=[N+]([O-])c1ccccc1/C=N/OCc1nnc(-c2ccc(Br)cc2)o1. The van der Waals surface area contributed by atoms with Gasteiger partial charge in [-0.05, 0) is 30.3 Å². The summed E-state index contributed by atoms with van der Waals surface area (Å²) in [7, 11) is 0. The number of hydrogen-bond acceptors (Lipinski definition) is 7. The maximum absolute atomic E-state index is 10.9. The van der Waals surface area contributed by atoms with Crippen molar-refractivity contribution in [2.75, 3.05) is 0 Å². The number of hydrogen-bond donors (Lipinski definition) is 0. The number of aromatic nitrogens is 2. The number of nitrogens with zero attached hydrogens (tertiary/aromatic N) is 4. The number of rotatable bonds is 6. The topological polar surface area (TPSA) is 104 Å². The second-order valence-corrected chi connectivity index (χ2v) is 5.75. The van der Waals surface area contributed by atoms with Crippen LogP contribution in [0.15, 0.2) is 62.6 Å². The molecule has 0 unspecified atom stereocenters. The maximum atomic E-state index is 10.9. The smallest absolute Gasteiger partial charge is 0.278 e. The summed E-state index contributed by atoms with van der Waals surface area (Å²) >= 11 is 3.35. The van der Waals surface area contributed by atoms with Gasteiger partial charge >= 0.3 is 0 Å². The molecule has 8 nitrogen and oxygen atoms in total. The molecule has 25 heavy (non-hydrogen) atoms. The number of halogens is 1. The lowest BCUT2D eigenvalue weighted by Gasteiger charge is -1.97. The van der Waals surface area contributed by atoms with Crippen molar-refractivity contribution < 1.29 is 14.2 Å². The van der Waals surface area contributed by atoms with E-state index in [9.17, 15) is 10.1 Å². The second kappa shape index (κ2) is 7.67. The first kappa shape index (κ1) is 16.8. The molecule has 0 radical (unpaired) electrons. The fraction of sp³-hybridized carbons (Fsp3) is 0.0625. The van der Waals surface area contributed by atoms with Crippen LogP contribution in [0.5, 0.6) is 0 Å². The molecule has 126 valence electrons. The minimum Gasteiger partial charge on any atom is -0.417 e. The van der Waals surface area contributed by atoms with Gasteiger partial charge in [-0.3, -0.25) is 10.1 Å². The second-order valence-electron chi connectivity index (χ2n) is 4.83. The average molecular weight is 403 g/mol. The zero-order valence-corrected chi connectivity index (χ0v) is 14.3. The molecule has 0 aliphatic heterocycles. The first-order valence-electron chi connectivity index (χ1n) is 7.10. The molecule has 3 rings (SSSR count). The van der Waals surface area contributed by atoms with Gasteiger partial charge < -0.3 is 9.25 Å². The van der Waals surface area contributed by atoms with Crippen LogP contribution in [0.1, 0.15) is 11.5 Å². The highest BCUT2D eigenvalue weighted by Gasteiger charge is 2.11. The third-order valence-corrected chi connectivity index (χ3v) is 3.67. The maximum Gasteiger partial charge on any atom is 0.278 e. The van der Waals surface area contributed by atoms with Crippen LogP contribution in [0.4, 0.5) is 5.69 Å². The summed E-state index contributed by atoms with van der Waals surface area (Å²) in [6, 6.07) is 13.6. The molecule has 9 heteroatoms. The zero-order valence-electron chi connectivity index (χ0n) is 12.7. The van der Waals surface area contributed by atoms with Gasteiger partial charge in [0.1, 0.15) is 0 Å². The van der Waals surface area contributed by atoms with Crippen LogP contribution in [0.3, 0.4) is 0 Å². The number of nitro benzene ring substituents is 1. The molecule has 0 fully saturated rings. The van der Waals surface area contributed by atoms with E-state index in [1.165, 1.54) is 12.3 Å². The summed E-state index contributed by atoms with van der Waals surface area (Å²) in [5.41, 5.74) is 1.07. The van der Waals surface area contributed by atoms with Gasteiger partial charge in [0, 0.05) is 16.1 Å². The molecule has 0 saturated carbocycles. The van der Waals surface area contributed by atoms with Crippen LogP contribution < -0.4 is 0 Å². The Kier molecular flexibility index (Phi) is 5.14. The van der Waals surface area contributed by atoms with E-state index >= 15 is 0 Å². The Labute approximate surface area is 150 Å². The lowest BCUT2D eigenvalue weighted by atomic mass is 10.2. The molecular formula is C16H11BrN4O4. The van der Waals surface area contributed by atoms with Crippen LogP contribution in [0.25, 0.3) is 11.5 Å². The molecule has 0 saturated heterocycles. The van der Waals surface area contributed by atoms with Crippen LogP contribution >= 0.6 is 15.9 Å². The standard InChI is InChI=1S/C16H11BrN4O4/c17-13-7-5-11(6-8-13)16-20-19-15(25-16)10-24-18-9-12-3-1-2-4-14(12)21(22)23/h1-9H,10H2/b18-9+. The number of benzene rings is 2. The summed E-state index contributed by atoms with van der Waals surface area (Å²) < 4.78 is 6.43. The van der Waals surface area contributed by atoms with E-state index < -0.39 is 4.92 Å². The molecule has 0 aliphatic carbocycles. The number of oxime groups is 1. The molecule has 0 atom stereocenters. The Bertz CT molecular complexity index is 909. The van der Waals surface area contributed by atoms with Gasteiger partial charge in [-0.2, -0.15) is 0 Å². The third-order valence-electron chi connectivity index (χ3n) is 3.15. The first-order chi connectivity index (χ1) is 12.1. The highest BCUT2D eigenvalue weighted by Crippen LogP contribution is 2.20. The van der Waals surface area contributed by atoms with Gasteiger partial charge in [-0.25, -0.2) is 0 Å². The Morgan fingerprint density at radius 3 is 2.72 bits per heavy atom. The van der Waals surface area contributed by atoms with E-state index in [0.717, 1.165) is 10.0 Å². The minimum absolute atomic E-state index is 0.0410. The lowest BCUT2D eigenvalue weighted by molar-refractivity contribution is -0.385. The van der Waals surface area contributed by atoms with Crippen LogP contribution in [0.2, 0.25) is 0 Å². The Hall–Kier alpha value is -3.07. The molecular weight excluding hydrogens is 392 g/mol. The fourth-order valence-electron chi connectivity index (χ4n) is 1.97. The molecule has 1 heterocycles. The highest BCUT2D eigenvalue weighted by atomic mass is 79.9. The van der Waals surface area contributed by atoms with Gasteiger partial charge in [0.2, 0.25) is 5.89 Å². The van der Waals surface area contributed by atoms with E-state index in [2.05, 4.69) is 31.3 Å². The van der Waals surface area contributed by atoms with Crippen molar-refractivity contribution in [3.05, 3.63) is 74.6 Å². The third kappa shape index (κ3) is 4.27. The molecule has 3 aromatic rings. The summed E-state index contributed by atoms with van der Waals surface area (Å²) in [4.78, 5) is 15.5. The van der Waals surface area contributed by atoms with Crippen LogP contribution in [-0.4, -0.2) is 21.3 Å². The van der Waals surface area contributed by atoms with E-state index in [-0.39, 0.29) is 18.2 Å². The summed E-state index contributed by atoms with van der Waals surface area (Å²) in [5.74, 6) is 0.617. The van der Waals surface area contributed by atoms with Crippen molar-refractivity contribution >= 4 is 27.8 Å². The highest BCUT2D eigenvalue weighted by molar-refractivity contribution is 9.10. The molecule has 0 bridgehead atoms. The predicted octanol–water partition coefficient (Wildman–Crippen LogP) is 3.96. The van der Waals surface area contributed by atoms with Crippen molar-refractivity contribution in [2.45, 2.75) is 6.61 Å². The normalized spacial score (nSPS) is 10.9. The zero-order chi connectivity index (χ0) is 17.6. The fourth-order valence-corrected chi connectivity index (χ4v) is 2.23. The van der Waals surface area contributed by atoms with Gasteiger partial charge in [0.05, 0.1) is 16.7 Å². The van der Waals surface area contributed by atoms with Crippen molar-refractivity contribution in [2.24, 2.45) is 5.16 Å². The van der Waals surface area contributed by atoms with E-state index in [4.69, 9.17) is 9.25 Å². The molecule has 0 spiro atoms. The largest absolute Gasteiger partial charge is 0.417 e. The van der Waals surface area contributed by atoms with Crippen LogP contribution in [-0.2, 0) is 11.4 Å². The van der Waals surface area contributed by atoms with Gasteiger partial charge in [0.25, 0.3) is 11.6 Å². The molecule has 0 aliphatic rings. The monoisotopic (exact) mass is 402 g/mol. The van der Waals surface area contributed by atoms with Crippen molar-refractivity contribution in [3.8, 4) is 11.5 Å². The molecule has 0 amide bonds. The Balaban J connectivity index is 1.61. The molecule has 2 aromatic carbocycles.